The molecular weight excluding hydrogens is 322 g/mol. The summed E-state index contributed by atoms with van der Waals surface area (Å²) >= 11 is 9.29. The van der Waals surface area contributed by atoms with E-state index in [4.69, 9.17) is 16.3 Å². The van der Waals surface area contributed by atoms with Crippen molar-refractivity contribution in [2.75, 3.05) is 6.61 Å². The zero-order valence-corrected chi connectivity index (χ0v) is 11.8. The van der Waals surface area contributed by atoms with Crippen LogP contribution in [-0.2, 0) is 4.74 Å². The van der Waals surface area contributed by atoms with Crippen LogP contribution in [0.1, 0.15) is 25.5 Å². The van der Waals surface area contributed by atoms with Crippen LogP contribution in [0.2, 0.25) is 5.15 Å². The van der Waals surface area contributed by atoms with E-state index in [2.05, 4.69) is 20.9 Å². The first-order chi connectivity index (χ1) is 8.66. The van der Waals surface area contributed by atoms with Crippen LogP contribution in [0.15, 0.2) is 16.7 Å². The minimum absolute atomic E-state index is 0.119. The van der Waals surface area contributed by atoms with E-state index in [9.17, 15) is 4.39 Å². The minimum Gasteiger partial charge on any atom is -0.358 e. The second kappa shape index (κ2) is 4.79. The van der Waals surface area contributed by atoms with E-state index in [1.807, 2.05) is 4.57 Å². The van der Waals surface area contributed by atoms with E-state index in [1.165, 1.54) is 6.07 Å². The maximum absolute atomic E-state index is 13.6. The quantitative estimate of drug-likeness (QED) is 0.728. The van der Waals surface area contributed by atoms with Crippen molar-refractivity contribution in [1.29, 1.82) is 0 Å². The average molecular weight is 334 g/mol. The van der Waals surface area contributed by atoms with Crippen LogP contribution in [-0.4, -0.2) is 16.2 Å². The molecule has 1 unspecified atom stereocenters. The fraction of sp³-hybridized carbons (Fsp3) is 0.417. The lowest BCUT2D eigenvalue weighted by molar-refractivity contribution is -0.0290. The molecule has 0 spiro atoms. The summed E-state index contributed by atoms with van der Waals surface area (Å²) in [4.78, 5) is 4.13. The Balaban J connectivity index is 2.15. The zero-order valence-electron chi connectivity index (χ0n) is 9.50. The third-order valence-electron chi connectivity index (χ3n) is 3.13. The molecule has 1 fully saturated rings. The topological polar surface area (TPSA) is 27.1 Å². The number of nitrogens with zero attached hydrogens (tertiary/aromatic N) is 2. The zero-order chi connectivity index (χ0) is 12.7. The highest BCUT2D eigenvalue weighted by molar-refractivity contribution is 9.10. The van der Waals surface area contributed by atoms with Gasteiger partial charge in [0.05, 0.1) is 11.0 Å². The highest BCUT2D eigenvalue weighted by Gasteiger charge is 2.21. The molecule has 3 nitrogen and oxygen atoms in total. The van der Waals surface area contributed by atoms with Gasteiger partial charge in [-0.15, -0.1) is 0 Å². The van der Waals surface area contributed by atoms with Gasteiger partial charge in [0.15, 0.2) is 5.82 Å². The molecule has 6 heteroatoms. The molecule has 1 aliphatic rings. The van der Waals surface area contributed by atoms with Gasteiger partial charge in [0.2, 0.25) is 0 Å². The lowest BCUT2D eigenvalue weighted by Gasteiger charge is -2.25. The van der Waals surface area contributed by atoms with Crippen LogP contribution in [0, 0.1) is 5.82 Å². The molecule has 1 atom stereocenters. The molecule has 0 aromatic carbocycles. The van der Waals surface area contributed by atoms with E-state index in [0.29, 0.717) is 22.8 Å². The van der Waals surface area contributed by atoms with Gasteiger partial charge in [-0.3, -0.25) is 0 Å². The number of pyridine rings is 1. The van der Waals surface area contributed by atoms with Crippen LogP contribution in [0.5, 0.6) is 0 Å². The Labute approximate surface area is 117 Å². The first kappa shape index (κ1) is 12.4. The molecule has 3 heterocycles. The van der Waals surface area contributed by atoms with Crippen molar-refractivity contribution >= 4 is 38.6 Å². The summed E-state index contributed by atoms with van der Waals surface area (Å²) in [5.41, 5.74) is 1.34. The normalized spacial score (nSPS) is 20.5. The van der Waals surface area contributed by atoms with Gasteiger partial charge in [-0.1, -0.05) is 11.6 Å². The number of fused-ring (bicyclic) bond motifs is 1. The number of aromatic nitrogens is 2. The summed E-state index contributed by atoms with van der Waals surface area (Å²) in [5, 5.41) is 0.530. The van der Waals surface area contributed by atoms with Crippen molar-refractivity contribution in [2.24, 2.45) is 0 Å². The van der Waals surface area contributed by atoms with Gasteiger partial charge in [-0.05, 0) is 35.2 Å². The van der Waals surface area contributed by atoms with E-state index in [1.54, 1.807) is 6.07 Å². The molecule has 0 amide bonds. The highest BCUT2D eigenvalue weighted by atomic mass is 79.9. The molecule has 0 saturated carbocycles. The third-order valence-corrected chi connectivity index (χ3v) is 3.98. The van der Waals surface area contributed by atoms with E-state index < -0.39 is 5.82 Å². The summed E-state index contributed by atoms with van der Waals surface area (Å²) < 4.78 is 21.3. The fourth-order valence-corrected chi connectivity index (χ4v) is 2.90. The maximum Gasteiger partial charge on any atom is 0.158 e. The lowest BCUT2D eigenvalue weighted by atomic mass is 10.2. The molecule has 96 valence electrons. The second-order valence-corrected chi connectivity index (χ2v) is 5.46. The van der Waals surface area contributed by atoms with Gasteiger partial charge in [-0.2, -0.15) is 0 Å². The van der Waals surface area contributed by atoms with Crippen molar-refractivity contribution in [3.05, 3.63) is 27.7 Å². The summed E-state index contributed by atoms with van der Waals surface area (Å²) in [7, 11) is 0. The highest BCUT2D eigenvalue weighted by Crippen LogP contribution is 2.33. The Morgan fingerprint density at radius 3 is 3.00 bits per heavy atom. The van der Waals surface area contributed by atoms with Crippen molar-refractivity contribution in [1.82, 2.24) is 9.55 Å². The Bertz CT molecular complexity index is 595. The SMILES string of the molecule is Fc1cc2c(cc(Cl)n2C2CCCCO2)nc1Br. The van der Waals surface area contributed by atoms with E-state index >= 15 is 0 Å². The summed E-state index contributed by atoms with van der Waals surface area (Å²) in [6.45, 7) is 0.715. The fourth-order valence-electron chi connectivity index (χ4n) is 2.29. The van der Waals surface area contributed by atoms with Crippen molar-refractivity contribution in [2.45, 2.75) is 25.5 Å². The molecule has 2 aromatic rings. The number of halogens is 3. The molecule has 1 saturated heterocycles. The molecule has 0 radical (unpaired) electrons. The van der Waals surface area contributed by atoms with Crippen molar-refractivity contribution in [3.63, 3.8) is 0 Å². The van der Waals surface area contributed by atoms with Gasteiger partial charge in [0, 0.05) is 18.7 Å². The van der Waals surface area contributed by atoms with Gasteiger partial charge < -0.3 is 9.30 Å². The Hall–Kier alpha value is -0.650. The predicted octanol–water partition coefficient (Wildman–Crippen LogP) is 4.29. The predicted molar refractivity (Wildman–Crippen MR) is 71.2 cm³/mol. The van der Waals surface area contributed by atoms with E-state index in [-0.39, 0.29) is 10.8 Å². The van der Waals surface area contributed by atoms with Crippen LogP contribution < -0.4 is 0 Å². The smallest absolute Gasteiger partial charge is 0.158 e. The van der Waals surface area contributed by atoms with Crippen LogP contribution in [0.25, 0.3) is 11.0 Å². The second-order valence-electron chi connectivity index (χ2n) is 4.32. The number of hydrogen-bond acceptors (Lipinski definition) is 2. The number of rotatable bonds is 1. The first-order valence-corrected chi connectivity index (χ1v) is 6.98. The van der Waals surface area contributed by atoms with Gasteiger partial charge in [0.25, 0.3) is 0 Å². The number of hydrogen-bond donors (Lipinski definition) is 0. The standard InChI is InChI=1S/C12H11BrClFN2O/c13-12-7(15)5-9-8(16-12)6-10(14)17(9)11-3-1-2-4-18-11/h5-6,11H,1-4H2. The molecule has 1 aliphatic heterocycles. The van der Waals surface area contributed by atoms with Crippen LogP contribution in [0.4, 0.5) is 4.39 Å². The summed E-state index contributed by atoms with van der Waals surface area (Å²) in [5.74, 6) is -0.394. The molecule has 18 heavy (non-hydrogen) atoms. The first-order valence-electron chi connectivity index (χ1n) is 5.81. The number of ether oxygens (including phenoxy) is 1. The third kappa shape index (κ3) is 2.04. The Morgan fingerprint density at radius 2 is 2.28 bits per heavy atom. The van der Waals surface area contributed by atoms with Crippen molar-refractivity contribution < 1.29 is 9.13 Å². The molecule has 0 aliphatic carbocycles. The van der Waals surface area contributed by atoms with Crippen LogP contribution >= 0.6 is 27.5 Å². The molecule has 0 N–H and O–H groups in total. The minimum atomic E-state index is -0.394. The Kier molecular flexibility index (Phi) is 3.30. The van der Waals surface area contributed by atoms with Crippen LogP contribution in [0.3, 0.4) is 0 Å². The molecule has 3 rings (SSSR count). The largest absolute Gasteiger partial charge is 0.358 e. The lowest BCUT2D eigenvalue weighted by Crippen LogP contribution is -2.18. The molecule has 0 bridgehead atoms. The summed E-state index contributed by atoms with van der Waals surface area (Å²) in [6, 6.07) is 3.18. The maximum atomic E-state index is 13.6. The van der Waals surface area contributed by atoms with E-state index in [0.717, 1.165) is 19.3 Å². The molecular formula is C12H11BrClFN2O. The monoisotopic (exact) mass is 332 g/mol. The average Bonchev–Trinajstić information content (AvgIpc) is 2.66. The molecule has 2 aromatic heterocycles. The Morgan fingerprint density at radius 1 is 1.44 bits per heavy atom. The summed E-state index contributed by atoms with van der Waals surface area (Å²) in [6.07, 6.45) is 2.92. The van der Waals surface area contributed by atoms with Gasteiger partial charge in [0.1, 0.15) is 16.0 Å². The van der Waals surface area contributed by atoms with Gasteiger partial charge >= 0.3 is 0 Å². The van der Waals surface area contributed by atoms with Gasteiger partial charge in [-0.25, -0.2) is 9.37 Å². The van der Waals surface area contributed by atoms with Crippen molar-refractivity contribution in [3.8, 4) is 0 Å².